The van der Waals surface area contributed by atoms with Crippen LogP contribution in [0.1, 0.15) is 68.1 Å². The summed E-state index contributed by atoms with van der Waals surface area (Å²) in [7, 11) is 0. The Balaban J connectivity index is 1.59. The van der Waals surface area contributed by atoms with Crippen LogP contribution in [0.4, 0.5) is 0 Å². The van der Waals surface area contributed by atoms with Gasteiger partial charge in [0.05, 0.1) is 4.99 Å². The minimum Gasteiger partial charge on any atom is -0.479 e. The molecule has 2 aromatic carbocycles. The van der Waals surface area contributed by atoms with Crippen molar-refractivity contribution in [2.24, 2.45) is 5.92 Å². The molecule has 2 aromatic rings. The van der Waals surface area contributed by atoms with Gasteiger partial charge in [0, 0.05) is 25.5 Å². The average molecular weight is 468 g/mol. The van der Waals surface area contributed by atoms with Gasteiger partial charge in [0.2, 0.25) is 0 Å². The number of carbonyl (C=O) groups is 1. The second-order valence-corrected chi connectivity index (χ2v) is 9.49. The molecule has 2 atom stereocenters. The van der Waals surface area contributed by atoms with E-state index in [9.17, 15) is 9.90 Å². The maximum atomic E-state index is 11.3. The molecule has 0 heterocycles. The van der Waals surface area contributed by atoms with Crippen molar-refractivity contribution in [1.29, 1.82) is 0 Å². The summed E-state index contributed by atoms with van der Waals surface area (Å²) in [6.45, 7) is 3.20. The maximum absolute atomic E-state index is 11.3. The number of ether oxygens (including phenoxy) is 1. The van der Waals surface area contributed by atoms with E-state index in [0.29, 0.717) is 13.0 Å². The normalized spacial score (nSPS) is 16.2. The lowest BCUT2D eigenvalue weighted by Crippen LogP contribution is -2.33. The third-order valence-electron chi connectivity index (χ3n) is 6.62. The van der Waals surface area contributed by atoms with E-state index < -0.39 is 12.1 Å². The summed E-state index contributed by atoms with van der Waals surface area (Å²) in [5, 5.41) is 12.9. The van der Waals surface area contributed by atoms with Crippen LogP contribution in [0.15, 0.2) is 54.6 Å². The van der Waals surface area contributed by atoms with Gasteiger partial charge in [-0.25, -0.2) is 4.79 Å². The number of thiocarbonyl (C=S) groups is 1. The number of benzene rings is 2. The van der Waals surface area contributed by atoms with Gasteiger partial charge >= 0.3 is 5.97 Å². The second kappa shape index (κ2) is 13.5. The molecule has 3 rings (SSSR count). The summed E-state index contributed by atoms with van der Waals surface area (Å²) in [5.74, 6) is 0.0201. The summed E-state index contributed by atoms with van der Waals surface area (Å²) >= 11 is 5.88. The van der Waals surface area contributed by atoms with Gasteiger partial charge in [-0.2, -0.15) is 0 Å². The maximum Gasteiger partial charge on any atom is 0.333 e. The van der Waals surface area contributed by atoms with Crippen LogP contribution in [0.5, 0.6) is 0 Å². The van der Waals surface area contributed by atoms with E-state index in [1.165, 1.54) is 43.2 Å². The van der Waals surface area contributed by atoms with E-state index in [0.717, 1.165) is 35.9 Å². The Kier molecular flexibility index (Phi) is 10.4. The van der Waals surface area contributed by atoms with Crippen LogP contribution in [0.3, 0.4) is 0 Å². The SMILES string of the molecule is CCO[C@@H](Cc1ccc(CC[C@H](C(=S)NCC2CCCCC2)c2ccccc2)cc1)C(=O)O. The van der Waals surface area contributed by atoms with Crippen molar-refractivity contribution < 1.29 is 14.6 Å². The van der Waals surface area contributed by atoms with Crippen LogP contribution in [0.2, 0.25) is 0 Å². The van der Waals surface area contributed by atoms with Crippen molar-refractivity contribution in [2.75, 3.05) is 13.2 Å². The molecule has 0 unspecified atom stereocenters. The zero-order chi connectivity index (χ0) is 23.5. The molecule has 0 bridgehead atoms. The van der Waals surface area contributed by atoms with Crippen molar-refractivity contribution in [3.8, 4) is 0 Å². The van der Waals surface area contributed by atoms with E-state index in [-0.39, 0.29) is 5.92 Å². The Morgan fingerprint density at radius 1 is 1.06 bits per heavy atom. The van der Waals surface area contributed by atoms with Gasteiger partial charge in [-0.15, -0.1) is 0 Å². The Morgan fingerprint density at radius 3 is 2.36 bits per heavy atom. The Bertz CT molecular complexity index is 862. The standard InChI is InChI=1S/C28H37NO3S/c1-2-32-26(28(30)31)19-22-15-13-21(14-16-22)17-18-25(24-11-7-4-8-12-24)27(33)29-20-23-9-5-3-6-10-23/h4,7-8,11-16,23,25-26H,2-3,5-6,9-10,17-20H2,1H3,(H,29,33)(H,30,31)/t25-,26-/m0/s1. The van der Waals surface area contributed by atoms with E-state index in [1.807, 2.05) is 25.1 Å². The number of nitrogens with one attached hydrogen (secondary N) is 1. The molecule has 1 fully saturated rings. The number of hydrogen-bond donors (Lipinski definition) is 2. The fraction of sp³-hybridized carbons (Fsp3) is 0.500. The lowest BCUT2D eigenvalue weighted by molar-refractivity contribution is -0.149. The molecule has 0 aliphatic heterocycles. The number of carboxylic acid groups (broad SMARTS) is 1. The highest BCUT2D eigenvalue weighted by molar-refractivity contribution is 7.80. The van der Waals surface area contributed by atoms with Crippen molar-refractivity contribution in [2.45, 2.75) is 70.3 Å². The van der Waals surface area contributed by atoms with Crippen LogP contribution in [0, 0.1) is 5.92 Å². The monoisotopic (exact) mass is 467 g/mol. The van der Waals surface area contributed by atoms with Gasteiger partial charge in [-0.1, -0.05) is 86.1 Å². The number of carboxylic acids is 1. The minimum absolute atomic E-state index is 0.193. The van der Waals surface area contributed by atoms with Crippen LogP contribution in [0.25, 0.3) is 0 Å². The van der Waals surface area contributed by atoms with Gasteiger partial charge in [0.15, 0.2) is 6.10 Å². The molecule has 0 saturated heterocycles. The lowest BCUT2D eigenvalue weighted by Gasteiger charge is -2.25. The van der Waals surface area contributed by atoms with Crippen LogP contribution >= 0.6 is 12.2 Å². The van der Waals surface area contributed by atoms with Gasteiger partial charge in [-0.05, 0) is 55.2 Å². The summed E-state index contributed by atoms with van der Waals surface area (Å²) in [5.41, 5.74) is 3.47. The van der Waals surface area contributed by atoms with E-state index in [4.69, 9.17) is 17.0 Å². The zero-order valence-corrected chi connectivity index (χ0v) is 20.5. The smallest absolute Gasteiger partial charge is 0.333 e. The predicted molar refractivity (Wildman–Crippen MR) is 138 cm³/mol. The molecule has 33 heavy (non-hydrogen) atoms. The topological polar surface area (TPSA) is 58.6 Å². The highest BCUT2D eigenvalue weighted by Gasteiger charge is 2.20. The number of aryl methyl sites for hydroxylation is 1. The van der Waals surface area contributed by atoms with E-state index in [1.54, 1.807) is 0 Å². The van der Waals surface area contributed by atoms with Crippen LogP contribution in [-0.4, -0.2) is 35.3 Å². The Labute approximate surface area is 203 Å². The third-order valence-corrected chi connectivity index (χ3v) is 7.05. The summed E-state index contributed by atoms with van der Waals surface area (Å²) in [6.07, 6.45) is 8.11. The molecular formula is C28H37NO3S. The molecule has 0 spiro atoms. The fourth-order valence-corrected chi connectivity index (χ4v) is 5.02. The zero-order valence-electron chi connectivity index (χ0n) is 19.7. The van der Waals surface area contributed by atoms with Gasteiger partial charge in [0.25, 0.3) is 0 Å². The number of hydrogen-bond acceptors (Lipinski definition) is 3. The van der Waals surface area contributed by atoms with E-state index >= 15 is 0 Å². The highest BCUT2D eigenvalue weighted by Crippen LogP contribution is 2.26. The molecular weight excluding hydrogens is 430 g/mol. The summed E-state index contributed by atoms with van der Waals surface area (Å²) in [4.78, 5) is 12.3. The molecule has 2 N–H and O–H groups in total. The quantitative estimate of drug-likeness (QED) is 0.379. The van der Waals surface area contributed by atoms with Crippen molar-refractivity contribution >= 4 is 23.2 Å². The number of rotatable bonds is 12. The second-order valence-electron chi connectivity index (χ2n) is 9.05. The van der Waals surface area contributed by atoms with Crippen molar-refractivity contribution in [1.82, 2.24) is 5.32 Å². The molecule has 178 valence electrons. The molecule has 0 radical (unpaired) electrons. The van der Waals surface area contributed by atoms with Crippen molar-refractivity contribution in [3.63, 3.8) is 0 Å². The van der Waals surface area contributed by atoms with Gasteiger partial charge in [-0.3, -0.25) is 0 Å². The molecule has 1 saturated carbocycles. The Hall–Kier alpha value is -2.24. The minimum atomic E-state index is -0.916. The summed E-state index contributed by atoms with van der Waals surface area (Å²) < 4.78 is 5.34. The van der Waals surface area contributed by atoms with E-state index in [2.05, 4.69) is 41.7 Å². The molecule has 0 aromatic heterocycles. The number of aliphatic carboxylic acids is 1. The van der Waals surface area contributed by atoms with Gasteiger partial charge in [0.1, 0.15) is 0 Å². The van der Waals surface area contributed by atoms with Crippen LogP contribution in [-0.2, 0) is 22.4 Å². The lowest BCUT2D eigenvalue weighted by atomic mass is 9.88. The largest absolute Gasteiger partial charge is 0.479 e. The summed E-state index contributed by atoms with van der Waals surface area (Å²) in [6, 6.07) is 18.8. The molecule has 5 heteroatoms. The predicted octanol–water partition coefficient (Wildman–Crippen LogP) is 5.93. The highest BCUT2D eigenvalue weighted by atomic mass is 32.1. The molecule has 1 aliphatic rings. The van der Waals surface area contributed by atoms with Crippen LogP contribution < -0.4 is 5.32 Å². The third kappa shape index (κ3) is 8.24. The molecule has 0 amide bonds. The first-order chi connectivity index (χ1) is 16.1. The van der Waals surface area contributed by atoms with Crippen molar-refractivity contribution in [3.05, 3.63) is 71.3 Å². The molecule has 4 nitrogen and oxygen atoms in total. The first-order valence-electron chi connectivity index (χ1n) is 12.3. The van der Waals surface area contributed by atoms with Gasteiger partial charge < -0.3 is 15.2 Å². The average Bonchev–Trinajstić information content (AvgIpc) is 2.85. The first-order valence-corrected chi connectivity index (χ1v) is 12.7. The first kappa shape index (κ1) is 25.4. The molecule has 1 aliphatic carbocycles. The fourth-order valence-electron chi connectivity index (χ4n) is 4.68. The Morgan fingerprint density at radius 2 is 1.73 bits per heavy atom.